The first-order valence-corrected chi connectivity index (χ1v) is 22.1. The highest BCUT2D eigenvalue weighted by molar-refractivity contribution is 8.03. The minimum atomic E-state index is -4.12. The summed E-state index contributed by atoms with van der Waals surface area (Å²) in [6, 6.07) is 32.6. The number of aromatic nitrogens is 1. The Morgan fingerprint density at radius 1 is 0.736 bits per heavy atom. The van der Waals surface area contributed by atoms with E-state index in [2.05, 4.69) is 89.2 Å². The largest absolute Gasteiger partial charge is 0.335 e. The fraction of sp³-hybridized carbons (Fsp3) is 0.195. The molecule has 0 saturated heterocycles. The molecule has 1 aliphatic rings. The number of rotatable bonds is 15. The second-order valence-corrected chi connectivity index (χ2v) is 17.9. The molecule has 0 amide bonds. The number of aryl methyl sites for hydroxylation is 1. The summed E-state index contributed by atoms with van der Waals surface area (Å²) in [5.74, 6) is -0.677. The maximum atomic E-state index is 11.6. The van der Waals surface area contributed by atoms with Crippen LogP contribution in [0.25, 0.3) is 40.6 Å². The van der Waals surface area contributed by atoms with Gasteiger partial charge in [-0.2, -0.15) is 21.4 Å². The van der Waals surface area contributed by atoms with Crippen molar-refractivity contribution in [3.63, 3.8) is 0 Å². The highest BCUT2D eigenvalue weighted by Gasteiger charge is 2.27. The molecule has 0 radical (unpaired) electrons. The van der Waals surface area contributed by atoms with E-state index in [1.54, 1.807) is 23.1 Å². The van der Waals surface area contributed by atoms with Crippen molar-refractivity contribution in [3.8, 4) is 0 Å². The Balaban J connectivity index is 1.35. The van der Waals surface area contributed by atoms with Gasteiger partial charge in [-0.3, -0.25) is 9.11 Å². The molecule has 0 fully saturated rings. The van der Waals surface area contributed by atoms with Gasteiger partial charge in [-0.05, 0) is 64.9 Å². The Morgan fingerprint density at radius 3 is 1.94 bits per heavy atom. The third-order valence-corrected chi connectivity index (χ3v) is 12.5. The van der Waals surface area contributed by atoms with Crippen molar-refractivity contribution in [3.05, 3.63) is 141 Å². The van der Waals surface area contributed by atoms with Gasteiger partial charge in [0, 0.05) is 30.0 Å². The normalized spacial score (nSPS) is 14.7. The smallest absolute Gasteiger partial charge is 0.265 e. The van der Waals surface area contributed by atoms with Crippen LogP contribution in [0.3, 0.4) is 0 Å². The topological polar surface area (TPSA) is 116 Å². The lowest BCUT2D eigenvalue weighted by Gasteiger charge is -2.21. The van der Waals surface area contributed by atoms with Crippen molar-refractivity contribution in [1.82, 2.24) is 0 Å². The molecular weight excluding hydrogens is 745 g/mol. The summed E-state index contributed by atoms with van der Waals surface area (Å²) >= 11 is 3.23. The lowest BCUT2D eigenvalue weighted by Crippen LogP contribution is -2.36. The lowest BCUT2D eigenvalue weighted by atomic mass is 10.1. The fourth-order valence-electron chi connectivity index (χ4n) is 6.01. The Hall–Kier alpha value is -4.30. The minimum Gasteiger partial charge on any atom is -0.335 e. The molecule has 5 aromatic rings. The van der Waals surface area contributed by atoms with Crippen molar-refractivity contribution in [2.24, 2.45) is 0 Å². The predicted octanol–water partition coefficient (Wildman–Crippen LogP) is 9.33. The Morgan fingerprint density at radius 2 is 1.32 bits per heavy atom. The highest BCUT2D eigenvalue weighted by atomic mass is 32.2. The summed E-state index contributed by atoms with van der Waals surface area (Å²) in [4.78, 5) is 3.17. The van der Waals surface area contributed by atoms with Crippen LogP contribution in [-0.2, 0) is 26.8 Å². The zero-order chi connectivity index (χ0) is 37.4. The minimum absolute atomic E-state index is 0.247. The van der Waals surface area contributed by atoms with Gasteiger partial charge in [-0.1, -0.05) is 127 Å². The van der Waals surface area contributed by atoms with E-state index in [4.69, 9.17) is 0 Å². The van der Waals surface area contributed by atoms with E-state index in [0.717, 1.165) is 58.7 Å². The Bertz CT molecular complexity index is 2420. The van der Waals surface area contributed by atoms with Gasteiger partial charge < -0.3 is 4.90 Å². The summed E-state index contributed by atoms with van der Waals surface area (Å²) < 4.78 is 68.7. The van der Waals surface area contributed by atoms with Crippen LogP contribution in [0.1, 0.15) is 53.4 Å². The molecule has 0 unspecified atom stereocenters. The van der Waals surface area contributed by atoms with Gasteiger partial charge >= 0.3 is 0 Å². The monoisotopic (exact) mass is 785 g/mol. The molecule has 0 atom stereocenters. The van der Waals surface area contributed by atoms with E-state index >= 15 is 0 Å². The van der Waals surface area contributed by atoms with Crippen molar-refractivity contribution < 1.29 is 30.5 Å². The zero-order valence-electron chi connectivity index (χ0n) is 29.2. The maximum Gasteiger partial charge on any atom is 0.265 e. The van der Waals surface area contributed by atoms with Crippen LogP contribution in [0, 0.1) is 0 Å². The number of nitrogens with zero attached hydrogens (tertiary/aromatic N) is 2. The van der Waals surface area contributed by atoms with Crippen LogP contribution in [0.4, 0.5) is 5.69 Å². The SMILES string of the molecule is CCC(=Cc1sc2ccc(C=Cc3ccccc3)cc2[n+]1CCCS(=O)(=O)O)C=C1Sc2ccc(C=Cc3ccccc3)cc2N1CCCS(=O)(=O)O. The molecule has 2 heterocycles. The summed E-state index contributed by atoms with van der Waals surface area (Å²) in [6.45, 7) is 2.87. The van der Waals surface area contributed by atoms with E-state index in [9.17, 15) is 25.9 Å². The first-order chi connectivity index (χ1) is 25.4. The number of fused-ring (bicyclic) bond motifs is 2. The second kappa shape index (κ2) is 17.2. The third kappa shape index (κ3) is 10.9. The molecule has 274 valence electrons. The standard InChI is InChI=1S/C41H40N2O6S4/c1-2-31(29-40-42(23-9-25-52(44,45)46)36-27-34(19-21-38(36)50-40)17-15-32-11-5-3-6-12-32)30-41-43(24-10-26-53(47,48)49)37-28-35(20-22-39(37)51-41)18-16-33-13-7-4-8-14-33/h3-8,11-22,27-30H,2,9-10,23-26H2,1H3,(H-,44,45,46,47,48,49)/p+1. The molecule has 6 rings (SSSR count). The number of hydrogen-bond donors (Lipinski definition) is 2. The van der Waals surface area contributed by atoms with E-state index in [-0.39, 0.29) is 24.3 Å². The number of thioether (sulfide) groups is 1. The van der Waals surface area contributed by atoms with Crippen LogP contribution in [0.5, 0.6) is 0 Å². The average molecular weight is 786 g/mol. The van der Waals surface area contributed by atoms with Crippen molar-refractivity contribution >= 4 is 89.6 Å². The molecule has 1 aliphatic heterocycles. The molecule has 0 aliphatic carbocycles. The Labute approximate surface area is 320 Å². The number of hydrogen-bond acceptors (Lipinski definition) is 7. The summed E-state index contributed by atoms with van der Waals surface area (Å²) in [5, 5.41) is 1.89. The van der Waals surface area contributed by atoms with Gasteiger partial charge in [-0.15, -0.1) is 0 Å². The average Bonchev–Trinajstić information content (AvgIpc) is 3.65. The first-order valence-electron chi connectivity index (χ1n) is 17.3. The molecule has 0 saturated carbocycles. The third-order valence-electron chi connectivity index (χ3n) is 8.64. The van der Waals surface area contributed by atoms with Gasteiger partial charge in [0.2, 0.25) is 5.52 Å². The molecule has 0 spiro atoms. The molecule has 8 nitrogen and oxygen atoms in total. The van der Waals surface area contributed by atoms with Crippen molar-refractivity contribution in [2.75, 3.05) is 23.0 Å². The van der Waals surface area contributed by atoms with Gasteiger partial charge in [0.05, 0.1) is 22.2 Å². The van der Waals surface area contributed by atoms with E-state index in [1.165, 1.54) is 0 Å². The fourth-order valence-corrected chi connectivity index (χ4v) is 9.28. The van der Waals surface area contributed by atoms with Crippen LogP contribution in [0.2, 0.25) is 0 Å². The molecule has 12 heteroatoms. The number of thiazole rings is 1. The Kier molecular flexibility index (Phi) is 12.5. The van der Waals surface area contributed by atoms with Gasteiger partial charge in [0.1, 0.15) is 4.70 Å². The summed E-state index contributed by atoms with van der Waals surface area (Å²) in [6.07, 6.45) is 13.7. The first kappa shape index (κ1) is 38.4. The van der Waals surface area contributed by atoms with Gasteiger partial charge in [-0.25, -0.2) is 0 Å². The van der Waals surface area contributed by atoms with Crippen molar-refractivity contribution in [1.29, 1.82) is 0 Å². The molecule has 4 aromatic carbocycles. The highest BCUT2D eigenvalue weighted by Crippen LogP contribution is 2.47. The molecule has 1 aromatic heterocycles. The van der Waals surface area contributed by atoms with Crippen LogP contribution in [-0.4, -0.2) is 44.0 Å². The van der Waals surface area contributed by atoms with E-state index in [0.29, 0.717) is 19.5 Å². The number of benzene rings is 4. The van der Waals surface area contributed by atoms with E-state index < -0.39 is 20.2 Å². The quantitative estimate of drug-likeness (QED) is 0.0613. The number of allylic oxidation sites excluding steroid dienone is 2. The van der Waals surface area contributed by atoms with Gasteiger partial charge in [0.15, 0.2) is 6.54 Å². The van der Waals surface area contributed by atoms with Crippen LogP contribution in [0.15, 0.2) is 119 Å². The molecule has 53 heavy (non-hydrogen) atoms. The van der Waals surface area contributed by atoms with Gasteiger partial charge in [0.25, 0.3) is 25.2 Å². The van der Waals surface area contributed by atoms with Crippen LogP contribution < -0.4 is 9.47 Å². The van der Waals surface area contributed by atoms with Crippen molar-refractivity contribution in [2.45, 2.75) is 37.6 Å². The zero-order valence-corrected chi connectivity index (χ0v) is 32.5. The molecule has 2 N–H and O–H groups in total. The summed E-state index contributed by atoms with van der Waals surface area (Å²) in [5.41, 5.74) is 7.16. The summed E-state index contributed by atoms with van der Waals surface area (Å²) in [7, 11) is -8.23. The predicted molar refractivity (Wildman–Crippen MR) is 221 cm³/mol. The van der Waals surface area contributed by atoms with Crippen LogP contribution >= 0.6 is 23.1 Å². The van der Waals surface area contributed by atoms with E-state index in [1.807, 2.05) is 60.7 Å². The number of anilines is 1. The lowest BCUT2D eigenvalue weighted by molar-refractivity contribution is -0.668. The second-order valence-electron chi connectivity index (χ2n) is 12.6. The molecule has 0 bridgehead atoms. The molecular formula is C41H41N2O6S4+. The maximum absolute atomic E-state index is 11.6.